The van der Waals surface area contributed by atoms with Gasteiger partial charge in [0.15, 0.2) is 0 Å². The quantitative estimate of drug-likeness (QED) is 0.613. The first-order valence-corrected chi connectivity index (χ1v) is 8.93. The molecule has 1 heterocycles. The molecule has 1 unspecified atom stereocenters. The summed E-state index contributed by atoms with van der Waals surface area (Å²) >= 11 is 1.46. The van der Waals surface area contributed by atoms with E-state index in [9.17, 15) is 9.59 Å². The Morgan fingerprint density at radius 2 is 2.00 bits per heavy atom. The van der Waals surface area contributed by atoms with E-state index in [0.717, 1.165) is 30.6 Å². The zero-order chi connectivity index (χ0) is 15.9. The average Bonchev–Trinajstić information content (AvgIpc) is 2.94. The number of hydrogen-bond donors (Lipinski definition) is 0. The normalized spacial score (nSPS) is 17.5. The molecule has 22 heavy (non-hydrogen) atoms. The number of carbonyl (C=O) groups is 2. The maximum atomic E-state index is 12.8. The van der Waals surface area contributed by atoms with Crippen molar-refractivity contribution in [3.63, 3.8) is 0 Å². The molecule has 0 radical (unpaired) electrons. The lowest BCUT2D eigenvalue weighted by Crippen LogP contribution is -2.44. The van der Waals surface area contributed by atoms with Gasteiger partial charge in [0.25, 0.3) is 5.91 Å². The predicted octanol–water partition coefficient (Wildman–Crippen LogP) is 3.72. The lowest BCUT2D eigenvalue weighted by Gasteiger charge is -2.32. The third-order valence-electron chi connectivity index (χ3n) is 4.33. The minimum absolute atomic E-state index is 0.0534. The molecule has 0 aliphatic heterocycles. The van der Waals surface area contributed by atoms with Gasteiger partial charge in [-0.1, -0.05) is 38.7 Å². The number of hydrogen-bond acceptors (Lipinski definition) is 4. The summed E-state index contributed by atoms with van der Waals surface area (Å²) < 4.78 is 4.82. The summed E-state index contributed by atoms with van der Waals surface area (Å²) in [5.41, 5.74) is 0. The predicted molar refractivity (Wildman–Crippen MR) is 88.0 cm³/mol. The molecule has 1 aromatic rings. The molecular weight excluding hydrogens is 298 g/mol. The maximum Gasteiger partial charge on any atom is 0.310 e. The van der Waals surface area contributed by atoms with Crippen LogP contribution in [0, 0.1) is 5.92 Å². The van der Waals surface area contributed by atoms with Crippen molar-refractivity contribution in [3.8, 4) is 0 Å². The second-order valence-corrected chi connectivity index (χ2v) is 6.95. The van der Waals surface area contributed by atoms with Gasteiger partial charge in [0.2, 0.25) is 0 Å². The Morgan fingerprint density at radius 1 is 1.32 bits per heavy atom. The van der Waals surface area contributed by atoms with Crippen molar-refractivity contribution in [1.29, 1.82) is 0 Å². The van der Waals surface area contributed by atoms with Crippen molar-refractivity contribution in [2.24, 2.45) is 5.92 Å². The Bertz CT molecular complexity index is 478. The van der Waals surface area contributed by atoms with Crippen LogP contribution < -0.4 is 0 Å². The summed E-state index contributed by atoms with van der Waals surface area (Å²) in [4.78, 5) is 27.3. The number of ether oxygens (including phenoxy) is 1. The minimum Gasteiger partial charge on any atom is -0.469 e. The van der Waals surface area contributed by atoms with Crippen LogP contribution in [0.5, 0.6) is 0 Å². The van der Waals surface area contributed by atoms with Crippen LogP contribution in [0.4, 0.5) is 0 Å². The molecule has 0 saturated heterocycles. The molecule has 1 amide bonds. The largest absolute Gasteiger partial charge is 0.469 e. The fourth-order valence-corrected chi connectivity index (χ4v) is 3.76. The molecule has 0 aromatic carbocycles. The fraction of sp³-hybridized carbons (Fsp3) is 0.647. The van der Waals surface area contributed by atoms with Gasteiger partial charge in [-0.05, 0) is 24.3 Å². The highest BCUT2D eigenvalue weighted by Gasteiger charge is 2.29. The molecular formula is C17H25NO3S. The monoisotopic (exact) mass is 323 g/mol. The van der Waals surface area contributed by atoms with Gasteiger partial charge in [-0.3, -0.25) is 9.59 Å². The molecule has 1 atom stereocenters. The fourth-order valence-electron chi connectivity index (χ4n) is 3.08. The van der Waals surface area contributed by atoms with Crippen LogP contribution in [0.3, 0.4) is 0 Å². The first-order valence-electron chi connectivity index (χ1n) is 8.05. The van der Waals surface area contributed by atoms with Crippen molar-refractivity contribution < 1.29 is 14.3 Å². The van der Waals surface area contributed by atoms with E-state index in [1.54, 1.807) is 0 Å². The molecule has 1 fully saturated rings. The van der Waals surface area contributed by atoms with E-state index >= 15 is 0 Å². The first-order chi connectivity index (χ1) is 10.6. The number of thiophene rings is 1. The lowest BCUT2D eigenvalue weighted by molar-refractivity contribution is -0.145. The molecule has 1 aliphatic rings. The summed E-state index contributed by atoms with van der Waals surface area (Å²) in [6.45, 7) is 2.27. The first kappa shape index (κ1) is 17.0. The molecule has 2 rings (SSSR count). The van der Waals surface area contributed by atoms with Crippen LogP contribution in [0.1, 0.15) is 55.1 Å². The van der Waals surface area contributed by atoms with Crippen molar-refractivity contribution in [1.82, 2.24) is 4.90 Å². The maximum absolute atomic E-state index is 12.8. The third-order valence-corrected chi connectivity index (χ3v) is 5.19. The van der Waals surface area contributed by atoms with Gasteiger partial charge in [0, 0.05) is 12.6 Å². The molecule has 0 spiro atoms. The van der Waals surface area contributed by atoms with E-state index in [4.69, 9.17) is 4.74 Å². The number of rotatable bonds is 5. The van der Waals surface area contributed by atoms with E-state index in [0.29, 0.717) is 6.54 Å². The Kier molecular flexibility index (Phi) is 6.43. The zero-order valence-electron chi connectivity index (χ0n) is 13.4. The van der Waals surface area contributed by atoms with Crippen LogP contribution in [-0.2, 0) is 9.53 Å². The topological polar surface area (TPSA) is 46.6 Å². The molecule has 1 saturated carbocycles. The second-order valence-electron chi connectivity index (χ2n) is 6.00. The molecule has 1 aromatic heterocycles. The Labute approximate surface area is 136 Å². The SMILES string of the molecule is COC(=O)C(C)CN(C(=O)c1cccs1)C1CCCCCC1. The van der Waals surface area contributed by atoms with Crippen LogP contribution in [-0.4, -0.2) is 36.5 Å². The Hall–Kier alpha value is -1.36. The highest BCUT2D eigenvalue weighted by Crippen LogP contribution is 2.25. The van der Waals surface area contributed by atoms with Gasteiger partial charge in [-0.15, -0.1) is 11.3 Å². The Balaban J connectivity index is 2.15. The molecule has 5 heteroatoms. The van der Waals surface area contributed by atoms with E-state index in [1.807, 2.05) is 29.3 Å². The average molecular weight is 323 g/mol. The van der Waals surface area contributed by atoms with Gasteiger partial charge in [0.05, 0.1) is 17.9 Å². The summed E-state index contributed by atoms with van der Waals surface area (Å²) in [7, 11) is 1.40. The molecule has 0 N–H and O–H groups in total. The Morgan fingerprint density at radius 3 is 2.55 bits per heavy atom. The van der Waals surface area contributed by atoms with E-state index in [2.05, 4.69) is 0 Å². The third kappa shape index (κ3) is 4.32. The molecule has 122 valence electrons. The number of carbonyl (C=O) groups excluding carboxylic acids is 2. The number of amides is 1. The highest BCUT2D eigenvalue weighted by atomic mass is 32.1. The van der Waals surface area contributed by atoms with E-state index in [1.165, 1.54) is 31.3 Å². The van der Waals surface area contributed by atoms with Gasteiger partial charge in [0.1, 0.15) is 0 Å². The van der Waals surface area contributed by atoms with Crippen molar-refractivity contribution in [3.05, 3.63) is 22.4 Å². The lowest BCUT2D eigenvalue weighted by atomic mass is 10.0. The zero-order valence-corrected chi connectivity index (χ0v) is 14.2. The van der Waals surface area contributed by atoms with Gasteiger partial charge >= 0.3 is 5.97 Å². The number of esters is 1. The van der Waals surface area contributed by atoms with Crippen LogP contribution in [0.2, 0.25) is 0 Å². The highest BCUT2D eigenvalue weighted by molar-refractivity contribution is 7.12. The number of nitrogens with zero attached hydrogens (tertiary/aromatic N) is 1. The summed E-state index contributed by atoms with van der Waals surface area (Å²) in [6, 6.07) is 4.00. The summed E-state index contributed by atoms with van der Waals surface area (Å²) in [6.07, 6.45) is 6.86. The van der Waals surface area contributed by atoms with E-state index in [-0.39, 0.29) is 23.8 Å². The summed E-state index contributed by atoms with van der Waals surface area (Å²) in [5.74, 6) is -0.493. The van der Waals surface area contributed by atoms with Crippen LogP contribution in [0.15, 0.2) is 17.5 Å². The van der Waals surface area contributed by atoms with Gasteiger partial charge < -0.3 is 9.64 Å². The minimum atomic E-state index is -0.294. The van der Waals surface area contributed by atoms with Crippen molar-refractivity contribution >= 4 is 23.2 Å². The van der Waals surface area contributed by atoms with Gasteiger partial charge in [-0.2, -0.15) is 0 Å². The van der Waals surface area contributed by atoms with Crippen LogP contribution in [0.25, 0.3) is 0 Å². The van der Waals surface area contributed by atoms with Crippen molar-refractivity contribution in [2.75, 3.05) is 13.7 Å². The van der Waals surface area contributed by atoms with Gasteiger partial charge in [-0.25, -0.2) is 0 Å². The smallest absolute Gasteiger partial charge is 0.310 e. The summed E-state index contributed by atoms with van der Waals surface area (Å²) in [5, 5.41) is 1.92. The van der Waals surface area contributed by atoms with E-state index < -0.39 is 0 Å². The standard InChI is InChI=1S/C17H25NO3S/c1-13(17(20)21-2)12-18(14-8-5-3-4-6-9-14)16(19)15-10-7-11-22-15/h7,10-11,13-14H,3-6,8-9,12H2,1-2H3. The van der Waals surface area contributed by atoms with Crippen molar-refractivity contribution in [2.45, 2.75) is 51.5 Å². The second kappa shape index (κ2) is 8.32. The molecule has 0 bridgehead atoms. The molecule has 1 aliphatic carbocycles. The number of methoxy groups -OCH3 is 1. The van der Waals surface area contributed by atoms with Crippen LogP contribution >= 0.6 is 11.3 Å². The molecule has 4 nitrogen and oxygen atoms in total.